The third kappa shape index (κ3) is 2.17. The summed E-state index contributed by atoms with van der Waals surface area (Å²) in [5.41, 5.74) is 9.99. The molecular formula is C16H13Cl2N3. The highest BCUT2D eigenvalue weighted by molar-refractivity contribution is 6.36. The molecule has 2 heterocycles. The fourth-order valence-electron chi connectivity index (χ4n) is 2.66. The van der Waals surface area contributed by atoms with Crippen molar-refractivity contribution in [3.05, 3.63) is 52.1 Å². The molecule has 1 aromatic carbocycles. The smallest absolute Gasteiger partial charge is 0.158 e. The van der Waals surface area contributed by atoms with E-state index in [1.807, 2.05) is 6.07 Å². The number of imidazole rings is 1. The van der Waals surface area contributed by atoms with E-state index in [0.717, 1.165) is 11.3 Å². The normalized spacial score (nSPS) is 14.8. The van der Waals surface area contributed by atoms with Gasteiger partial charge in [-0.25, -0.2) is 4.98 Å². The lowest BCUT2D eigenvalue weighted by molar-refractivity contribution is 1.13. The highest BCUT2D eigenvalue weighted by Crippen LogP contribution is 2.41. The van der Waals surface area contributed by atoms with E-state index in [1.54, 1.807) is 16.7 Å². The van der Waals surface area contributed by atoms with E-state index < -0.39 is 0 Å². The maximum Gasteiger partial charge on any atom is 0.158 e. The molecule has 3 aromatic rings. The molecule has 1 fully saturated rings. The molecule has 5 heteroatoms. The molecule has 1 aliphatic carbocycles. The fraction of sp³-hybridized carbons (Fsp3) is 0.188. The van der Waals surface area contributed by atoms with Gasteiger partial charge in [-0.2, -0.15) is 0 Å². The first-order chi connectivity index (χ1) is 10.1. The molecule has 2 N–H and O–H groups in total. The quantitative estimate of drug-likeness (QED) is 0.740. The van der Waals surface area contributed by atoms with Gasteiger partial charge in [-0.3, -0.25) is 4.40 Å². The van der Waals surface area contributed by atoms with Gasteiger partial charge in [-0.05, 0) is 36.5 Å². The topological polar surface area (TPSA) is 43.3 Å². The minimum Gasteiger partial charge on any atom is -0.383 e. The number of aromatic nitrogens is 2. The predicted octanol–water partition coefficient (Wildman–Crippen LogP) is 4.77. The van der Waals surface area contributed by atoms with Gasteiger partial charge in [0.1, 0.15) is 11.5 Å². The van der Waals surface area contributed by atoms with Crippen molar-refractivity contribution in [3.8, 4) is 11.3 Å². The molecule has 0 radical (unpaired) electrons. The number of rotatable bonds is 2. The van der Waals surface area contributed by atoms with Crippen LogP contribution < -0.4 is 5.73 Å². The van der Waals surface area contributed by atoms with Crippen molar-refractivity contribution in [1.82, 2.24) is 9.38 Å². The van der Waals surface area contributed by atoms with Gasteiger partial charge < -0.3 is 5.73 Å². The van der Waals surface area contributed by atoms with Gasteiger partial charge in [0, 0.05) is 11.8 Å². The van der Waals surface area contributed by atoms with Gasteiger partial charge in [0.15, 0.2) is 5.65 Å². The predicted molar refractivity (Wildman–Crippen MR) is 87.0 cm³/mol. The maximum atomic E-state index is 6.23. The molecule has 106 valence electrons. The molecular weight excluding hydrogens is 305 g/mol. The zero-order chi connectivity index (χ0) is 14.6. The van der Waals surface area contributed by atoms with Gasteiger partial charge in [-0.1, -0.05) is 41.4 Å². The second-order valence-electron chi connectivity index (χ2n) is 5.45. The summed E-state index contributed by atoms with van der Waals surface area (Å²) in [7, 11) is 0. The van der Waals surface area contributed by atoms with Crippen LogP contribution in [0.1, 0.15) is 24.3 Å². The molecule has 0 saturated heterocycles. The first-order valence-corrected chi connectivity index (χ1v) is 7.62. The molecule has 0 spiro atoms. The van der Waals surface area contributed by atoms with Crippen molar-refractivity contribution in [3.63, 3.8) is 0 Å². The number of pyridine rings is 1. The van der Waals surface area contributed by atoms with Crippen molar-refractivity contribution in [2.24, 2.45) is 0 Å². The lowest BCUT2D eigenvalue weighted by atomic mass is 10.1. The number of nitrogens with zero attached hydrogens (tertiary/aromatic N) is 2. The van der Waals surface area contributed by atoms with Crippen molar-refractivity contribution in [1.29, 1.82) is 0 Å². The van der Waals surface area contributed by atoms with E-state index >= 15 is 0 Å². The molecule has 1 aliphatic rings. The first-order valence-electron chi connectivity index (χ1n) is 6.86. The molecule has 0 unspecified atom stereocenters. The van der Waals surface area contributed by atoms with E-state index in [-0.39, 0.29) is 0 Å². The number of fused-ring (bicyclic) bond motifs is 1. The largest absolute Gasteiger partial charge is 0.383 e. The standard InChI is InChI=1S/C16H13Cl2N3/c17-12-7-13(18)16-20-14(15(19)21(16)8-12)11-3-1-2-10(6-11)9-4-5-9/h1-3,6-9H,4-5,19H2. The zero-order valence-electron chi connectivity index (χ0n) is 11.2. The van der Waals surface area contributed by atoms with Crippen LogP contribution in [-0.2, 0) is 0 Å². The van der Waals surface area contributed by atoms with Gasteiger partial charge in [0.05, 0.1) is 10.0 Å². The zero-order valence-corrected chi connectivity index (χ0v) is 12.7. The number of hydrogen-bond acceptors (Lipinski definition) is 2. The van der Waals surface area contributed by atoms with Crippen LogP contribution in [0.2, 0.25) is 10.0 Å². The molecule has 21 heavy (non-hydrogen) atoms. The summed E-state index contributed by atoms with van der Waals surface area (Å²) in [6.07, 6.45) is 4.27. The Kier molecular flexibility index (Phi) is 2.88. The molecule has 3 nitrogen and oxygen atoms in total. The minimum atomic E-state index is 0.499. The van der Waals surface area contributed by atoms with Crippen LogP contribution in [0.4, 0.5) is 5.82 Å². The van der Waals surface area contributed by atoms with Gasteiger partial charge in [-0.15, -0.1) is 0 Å². The van der Waals surface area contributed by atoms with Gasteiger partial charge >= 0.3 is 0 Å². The Bertz CT molecular complexity index is 850. The van der Waals surface area contributed by atoms with Gasteiger partial charge in [0.2, 0.25) is 0 Å². The van der Waals surface area contributed by atoms with Crippen molar-refractivity contribution < 1.29 is 0 Å². The van der Waals surface area contributed by atoms with E-state index in [2.05, 4.69) is 23.2 Å². The molecule has 0 atom stereocenters. The number of halogens is 2. The maximum absolute atomic E-state index is 6.23. The SMILES string of the molecule is Nc1c(-c2cccc(C3CC3)c2)nc2c(Cl)cc(Cl)cn12. The average Bonchev–Trinajstić information content (AvgIpc) is 3.25. The molecule has 4 rings (SSSR count). The highest BCUT2D eigenvalue weighted by atomic mass is 35.5. The van der Waals surface area contributed by atoms with Gasteiger partial charge in [0.25, 0.3) is 0 Å². The monoisotopic (exact) mass is 317 g/mol. The van der Waals surface area contributed by atoms with Crippen LogP contribution in [0.5, 0.6) is 0 Å². The molecule has 0 aliphatic heterocycles. The molecule has 0 amide bonds. The summed E-state index contributed by atoms with van der Waals surface area (Å²) in [5.74, 6) is 1.25. The Morgan fingerprint density at radius 1 is 1.19 bits per heavy atom. The molecule has 0 bridgehead atoms. The summed E-state index contributed by atoms with van der Waals surface area (Å²) in [4.78, 5) is 4.59. The van der Waals surface area contributed by atoms with Crippen molar-refractivity contribution >= 4 is 34.7 Å². The Morgan fingerprint density at radius 3 is 2.76 bits per heavy atom. The van der Waals surface area contributed by atoms with Crippen LogP contribution in [0, 0.1) is 0 Å². The van der Waals surface area contributed by atoms with E-state index in [9.17, 15) is 0 Å². The third-order valence-corrected chi connectivity index (χ3v) is 4.37. The van der Waals surface area contributed by atoms with E-state index in [1.165, 1.54) is 18.4 Å². The van der Waals surface area contributed by atoms with Crippen LogP contribution in [-0.4, -0.2) is 9.38 Å². The first kappa shape index (κ1) is 13.0. The average molecular weight is 318 g/mol. The summed E-state index contributed by atoms with van der Waals surface area (Å²) in [5, 5.41) is 1.04. The van der Waals surface area contributed by atoms with Crippen molar-refractivity contribution in [2.75, 3.05) is 5.73 Å². The minimum absolute atomic E-state index is 0.499. The van der Waals surface area contributed by atoms with Crippen LogP contribution in [0.15, 0.2) is 36.5 Å². The van der Waals surface area contributed by atoms with Crippen molar-refractivity contribution in [2.45, 2.75) is 18.8 Å². The number of hydrogen-bond donors (Lipinski definition) is 1. The fourth-order valence-corrected chi connectivity index (χ4v) is 3.17. The van der Waals surface area contributed by atoms with Crippen LogP contribution >= 0.6 is 23.2 Å². The Labute approximate surface area is 132 Å². The number of nitrogen functional groups attached to an aromatic ring is 1. The summed E-state index contributed by atoms with van der Waals surface area (Å²) in [6, 6.07) is 10.1. The van der Waals surface area contributed by atoms with E-state index in [0.29, 0.717) is 27.4 Å². The number of anilines is 1. The van der Waals surface area contributed by atoms with E-state index in [4.69, 9.17) is 28.9 Å². The highest BCUT2D eigenvalue weighted by Gasteiger charge is 2.24. The molecule has 1 saturated carbocycles. The number of nitrogens with two attached hydrogens (primary N) is 1. The Balaban J connectivity index is 1.92. The second kappa shape index (κ2) is 4.65. The lowest BCUT2D eigenvalue weighted by Gasteiger charge is -2.03. The second-order valence-corrected chi connectivity index (χ2v) is 6.29. The number of benzene rings is 1. The summed E-state index contributed by atoms with van der Waals surface area (Å²) in [6.45, 7) is 0. The Hall–Kier alpha value is -1.71. The third-order valence-electron chi connectivity index (χ3n) is 3.89. The summed E-state index contributed by atoms with van der Waals surface area (Å²) >= 11 is 12.2. The Morgan fingerprint density at radius 2 is 2.00 bits per heavy atom. The molecule has 2 aromatic heterocycles. The van der Waals surface area contributed by atoms with Crippen LogP contribution in [0.25, 0.3) is 16.9 Å². The lowest BCUT2D eigenvalue weighted by Crippen LogP contribution is -1.94. The van der Waals surface area contributed by atoms with Crippen LogP contribution in [0.3, 0.4) is 0 Å². The summed E-state index contributed by atoms with van der Waals surface area (Å²) < 4.78 is 1.74.